The fourth-order valence-corrected chi connectivity index (χ4v) is 3.21. The highest BCUT2D eigenvalue weighted by atomic mass is 16.2. The maximum absolute atomic E-state index is 12.8. The average Bonchev–Trinajstić information content (AvgIpc) is 2.55. The van der Waals surface area contributed by atoms with Crippen LogP contribution in [0.2, 0.25) is 0 Å². The van der Waals surface area contributed by atoms with E-state index in [1.165, 1.54) is 5.69 Å². The minimum atomic E-state index is 0.195. The van der Waals surface area contributed by atoms with E-state index in [2.05, 4.69) is 44.2 Å². The van der Waals surface area contributed by atoms with Gasteiger partial charge in [0, 0.05) is 37.1 Å². The van der Waals surface area contributed by atoms with Crippen molar-refractivity contribution in [1.29, 1.82) is 0 Å². The number of rotatable bonds is 2. The Balaban J connectivity index is 2.23. The molecule has 0 aromatic carbocycles. The summed E-state index contributed by atoms with van der Waals surface area (Å²) in [6.07, 6.45) is 1.06. The van der Waals surface area contributed by atoms with Crippen molar-refractivity contribution in [2.45, 2.75) is 40.2 Å². The maximum atomic E-state index is 12.8. The highest BCUT2D eigenvalue weighted by Gasteiger charge is 2.23. The van der Waals surface area contributed by atoms with Crippen molar-refractivity contribution < 1.29 is 4.79 Å². The number of likely N-dealkylation sites (N-methyl/N-ethyl adjacent to an activating group) is 1. The van der Waals surface area contributed by atoms with Crippen molar-refractivity contribution in [3.63, 3.8) is 0 Å². The molecule has 0 N–H and O–H groups in total. The molecular formula is C16H27N3O. The molecule has 1 amide bonds. The van der Waals surface area contributed by atoms with Crippen molar-refractivity contribution in [1.82, 2.24) is 14.4 Å². The second-order valence-electron chi connectivity index (χ2n) is 6.20. The van der Waals surface area contributed by atoms with Gasteiger partial charge in [-0.3, -0.25) is 4.79 Å². The third-order valence-corrected chi connectivity index (χ3v) is 4.24. The highest BCUT2D eigenvalue weighted by molar-refractivity contribution is 5.95. The van der Waals surface area contributed by atoms with E-state index in [0.29, 0.717) is 6.04 Å². The molecule has 112 valence electrons. The van der Waals surface area contributed by atoms with Crippen LogP contribution in [0.5, 0.6) is 0 Å². The predicted octanol–water partition coefficient (Wildman–Crippen LogP) is 2.46. The molecule has 1 saturated heterocycles. The summed E-state index contributed by atoms with van der Waals surface area (Å²) in [6.45, 7) is 12.2. The second-order valence-corrected chi connectivity index (χ2v) is 6.20. The van der Waals surface area contributed by atoms with Gasteiger partial charge in [-0.25, -0.2) is 0 Å². The largest absolute Gasteiger partial charge is 0.346 e. The predicted molar refractivity (Wildman–Crippen MR) is 82.3 cm³/mol. The number of aromatic nitrogens is 1. The van der Waals surface area contributed by atoms with E-state index >= 15 is 0 Å². The fourth-order valence-electron chi connectivity index (χ4n) is 3.21. The van der Waals surface area contributed by atoms with E-state index in [4.69, 9.17) is 0 Å². The summed E-state index contributed by atoms with van der Waals surface area (Å²) >= 11 is 0. The summed E-state index contributed by atoms with van der Waals surface area (Å²) in [4.78, 5) is 17.1. The third kappa shape index (κ3) is 2.90. The molecule has 1 aromatic rings. The molecule has 2 heterocycles. The van der Waals surface area contributed by atoms with Crippen molar-refractivity contribution in [3.05, 3.63) is 23.0 Å². The Labute approximate surface area is 122 Å². The molecule has 1 fully saturated rings. The van der Waals surface area contributed by atoms with Gasteiger partial charge in [-0.05, 0) is 53.8 Å². The van der Waals surface area contributed by atoms with Gasteiger partial charge in [0.2, 0.25) is 0 Å². The lowest BCUT2D eigenvalue weighted by Crippen LogP contribution is -2.34. The minimum absolute atomic E-state index is 0.195. The number of hydrogen-bond donors (Lipinski definition) is 0. The highest BCUT2D eigenvalue weighted by Crippen LogP contribution is 2.21. The van der Waals surface area contributed by atoms with Gasteiger partial charge in [-0.1, -0.05) is 0 Å². The molecule has 4 heteroatoms. The van der Waals surface area contributed by atoms with Crippen LogP contribution in [0, 0.1) is 13.8 Å². The fraction of sp³-hybridized carbons (Fsp3) is 0.688. The van der Waals surface area contributed by atoms with Gasteiger partial charge in [-0.15, -0.1) is 0 Å². The molecular weight excluding hydrogens is 250 g/mol. The smallest absolute Gasteiger partial charge is 0.255 e. The zero-order valence-corrected chi connectivity index (χ0v) is 13.4. The van der Waals surface area contributed by atoms with Crippen molar-refractivity contribution in [2.75, 3.05) is 33.2 Å². The number of aryl methyl sites for hydroxylation is 1. The molecule has 0 spiro atoms. The standard InChI is InChI=1S/C16H27N3O/c1-12(2)19-13(3)11-15(14(19)4)16(20)18-8-6-7-17(5)9-10-18/h11-12H,6-10H2,1-5H3. The lowest BCUT2D eigenvalue weighted by Gasteiger charge is -2.21. The van der Waals surface area contributed by atoms with E-state index < -0.39 is 0 Å². The molecule has 0 radical (unpaired) electrons. The molecule has 4 nitrogen and oxygen atoms in total. The summed E-state index contributed by atoms with van der Waals surface area (Å²) in [6, 6.07) is 2.44. The van der Waals surface area contributed by atoms with Crippen molar-refractivity contribution in [2.24, 2.45) is 0 Å². The Morgan fingerprint density at radius 2 is 1.85 bits per heavy atom. The van der Waals surface area contributed by atoms with Crippen LogP contribution in [0.25, 0.3) is 0 Å². The topological polar surface area (TPSA) is 28.5 Å². The third-order valence-electron chi connectivity index (χ3n) is 4.24. The molecule has 0 aliphatic carbocycles. The summed E-state index contributed by atoms with van der Waals surface area (Å²) in [5.74, 6) is 0.195. The van der Waals surface area contributed by atoms with Crippen LogP contribution in [-0.2, 0) is 0 Å². The van der Waals surface area contributed by atoms with E-state index in [1.54, 1.807) is 0 Å². The first-order valence-corrected chi connectivity index (χ1v) is 7.58. The first kappa shape index (κ1) is 15.1. The Bertz CT molecular complexity index is 490. The number of amides is 1. The van der Waals surface area contributed by atoms with Crippen LogP contribution < -0.4 is 0 Å². The SMILES string of the molecule is Cc1cc(C(=O)N2CCCN(C)CC2)c(C)n1C(C)C. The Morgan fingerprint density at radius 3 is 2.45 bits per heavy atom. The first-order valence-electron chi connectivity index (χ1n) is 7.58. The van der Waals surface area contributed by atoms with Crippen molar-refractivity contribution in [3.8, 4) is 0 Å². The summed E-state index contributed by atoms with van der Waals surface area (Å²) in [5.41, 5.74) is 3.15. The van der Waals surface area contributed by atoms with Gasteiger partial charge in [0.1, 0.15) is 0 Å². The van der Waals surface area contributed by atoms with Crippen LogP contribution in [0.15, 0.2) is 6.07 Å². The monoisotopic (exact) mass is 277 g/mol. The molecule has 0 atom stereocenters. The average molecular weight is 277 g/mol. The van der Waals surface area contributed by atoms with Crippen molar-refractivity contribution >= 4 is 5.91 Å². The van der Waals surface area contributed by atoms with E-state index in [9.17, 15) is 4.79 Å². The van der Waals surface area contributed by atoms with Gasteiger partial charge in [0.25, 0.3) is 5.91 Å². The molecule has 0 unspecified atom stereocenters. The molecule has 20 heavy (non-hydrogen) atoms. The number of carbonyl (C=O) groups is 1. The van der Waals surface area contributed by atoms with Crippen LogP contribution >= 0.6 is 0 Å². The summed E-state index contributed by atoms with van der Waals surface area (Å²) in [7, 11) is 2.12. The first-order chi connectivity index (χ1) is 9.41. The molecule has 1 aromatic heterocycles. The van der Waals surface area contributed by atoms with E-state index in [0.717, 1.165) is 43.9 Å². The number of hydrogen-bond acceptors (Lipinski definition) is 2. The van der Waals surface area contributed by atoms with Crippen LogP contribution in [0.4, 0.5) is 0 Å². The molecule has 2 rings (SSSR count). The quantitative estimate of drug-likeness (QED) is 0.831. The Hall–Kier alpha value is -1.29. The van der Waals surface area contributed by atoms with Gasteiger partial charge < -0.3 is 14.4 Å². The molecule has 1 aliphatic heterocycles. The minimum Gasteiger partial charge on any atom is -0.346 e. The number of nitrogens with zero attached hydrogens (tertiary/aromatic N) is 3. The summed E-state index contributed by atoms with van der Waals surface area (Å²) < 4.78 is 2.25. The van der Waals surface area contributed by atoms with Crippen LogP contribution in [0.1, 0.15) is 48.1 Å². The zero-order chi connectivity index (χ0) is 14.9. The van der Waals surface area contributed by atoms with Crippen LogP contribution in [-0.4, -0.2) is 53.5 Å². The summed E-state index contributed by atoms with van der Waals surface area (Å²) in [5, 5.41) is 0. The van der Waals surface area contributed by atoms with Gasteiger partial charge >= 0.3 is 0 Å². The second kappa shape index (κ2) is 6.00. The molecule has 0 saturated carbocycles. The van der Waals surface area contributed by atoms with Crippen LogP contribution in [0.3, 0.4) is 0 Å². The lowest BCUT2D eigenvalue weighted by atomic mass is 10.2. The lowest BCUT2D eigenvalue weighted by molar-refractivity contribution is 0.0762. The number of carbonyl (C=O) groups excluding carboxylic acids is 1. The molecule has 0 bridgehead atoms. The van der Waals surface area contributed by atoms with E-state index in [-0.39, 0.29) is 5.91 Å². The Kier molecular flexibility index (Phi) is 4.53. The molecule has 1 aliphatic rings. The zero-order valence-electron chi connectivity index (χ0n) is 13.4. The van der Waals surface area contributed by atoms with Gasteiger partial charge in [0.05, 0.1) is 5.56 Å². The normalized spacial score (nSPS) is 17.6. The maximum Gasteiger partial charge on any atom is 0.255 e. The van der Waals surface area contributed by atoms with Gasteiger partial charge in [0.15, 0.2) is 0 Å². The Morgan fingerprint density at radius 1 is 1.15 bits per heavy atom. The van der Waals surface area contributed by atoms with E-state index in [1.807, 2.05) is 11.0 Å². The van der Waals surface area contributed by atoms with Gasteiger partial charge in [-0.2, -0.15) is 0 Å².